The van der Waals surface area contributed by atoms with Crippen LogP contribution in [0.25, 0.3) is 5.65 Å². The molecule has 1 N–H and O–H groups in total. The minimum absolute atomic E-state index is 0.0472. The van der Waals surface area contributed by atoms with Crippen LogP contribution in [0.2, 0.25) is 5.02 Å². The molecule has 1 unspecified atom stereocenters. The monoisotopic (exact) mass is 372 g/mol. The Morgan fingerprint density at radius 2 is 2.08 bits per heavy atom. The number of fused-ring (bicyclic) bond motifs is 1. The Kier molecular flexibility index (Phi) is 5.35. The molecule has 3 rings (SSSR count). The van der Waals surface area contributed by atoms with E-state index in [4.69, 9.17) is 16.3 Å². The van der Waals surface area contributed by atoms with E-state index in [1.54, 1.807) is 36.5 Å². The molecule has 0 fully saturated rings. The summed E-state index contributed by atoms with van der Waals surface area (Å²) in [6.45, 7) is 1.68. The van der Waals surface area contributed by atoms with Crippen LogP contribution in [0.3, 0.4) is 0 Å². The standard InChI is InChI=1S/C19H17ClN2O4/c1-12-6-7-17-21-14(9-18(24)22(17)10-12)11-26-19(25)16(23)8-13-4-2-3-5-15(13)20/h2-7,9-10,16,23H,8,11H2,1H3. The third-order valence-corrected chi connectivity index (χ3v) is 4.23. The molecule has 0 saturated heterocycles. The second-order valence-electron chi connectivity index (χ2n) is 5.94. The lowest BCUT2D eigenvalue weighted by molar-refractivity contribution is -0.154. The molecule has 0 aliphatic carbocycles. The Bertz CT molecular complexity index is 1020. The van der Waals surface area contributed by atoms with Crippen LogP contribution in [-0.4, -0.2) is 26.6 Å². The summed E-state index contributed by atoms with van der Waals surface area (Å²) in [6, 6.07) is 11.8. The number of esters is 1. The second-order valence-corrected chi connectivity index (χ2v) is 6.35. The summed E-state index contributed by atoms with van der Waals surface area (Å²) in [4.78, 5) is 28.4. The average Bonchev–Trinajstić information content (AvgIpc) is 2.62. The fraction of sp³-hybridized carbons (Fsp3) is 0.211. The van der Waals surface area contributed by atoms with Crippen LogP contribution in [0.1, 0.15) is 16.8 Å². The lowest BCUT2D eigenvalue weighted by Crippen LogP contribution is -2.26. The first kappa shape index (κ1) is 18.1. The van der Waals surface area contributed by atoms with Crippen LogP contribution >= 0.6 is 11.6 Å². The van der Waals surface area contributed by atoms with Crippen molar-refractivity contribution >= 4 is 23.2 Å². The molecule has 0 saturated carbocycles. The zero-order chi connectivity index (χ0) is 18.7. The summed E-state index contributed by atoms with van der Waals surface area (Å²) in [7, 11) is 0. The fourth-order valence-corrected chi connectivity index (χ4v) is 2.74. The molecule has 7 heteroatoms. The highest BCUT2D eigenvalue weighted by Gasteiger charge is 2.19. The Morgan fingerprint density at radius 1 is 1.31 bits per heavy atom. The van der Waals surface area contributed by atoms with Crippen molar-refractivity contribution in [1.82, 2.24) is 9.38 Å². The van der Waals surface area contributed by atoms with Gasteiger partial charge in [0.2, 0.25) is 0 Å². The predicted octanol–water partition coefficient (Wildman–Crippen LogP) is 2.30. The summed E-state index contributed by atoms with van der Waals surface area (Å²) >= 11 is 6.02. The van der Waals surface area contributed by atoms with Crippen molar-refractivity contribution in [2.75, 3.05) is 0 Å². The molecule has 0 radical (unpaired) electrons. The van der Waals surface area contributed by atoms with Gasteiger partial charge in [0.15, 0.2) is 6.10 Å². The molecule has 3 aromatic rings. The topological polar surface area (TPSA) is 80.9 Å². The number of ether oxygens (including phenoxy) is 1. The van der Waals surface area contributed by atoms with Crippen molar-refractivity contribution in [2.24, 2.45) is 0 Å². The van der Waals surface area contributed by atoms with Crippen molar-refractivity contribution in [1.29, 1.82) is 0 Å². The van der Waals surface area contributed by atoms with E-state index in [1.165, 1.54) is 10.5 Å². The van der Waals surface area contributed by atoms with Crippen LogP contribution in [0, 0.1) is 6.92 Å². The Labute approximate surface area is 154 Å². The number of carbonyl (C=O) groups is 1. The number of benzene rings is 1. The number of aliphatic hydroxyl groups is 1. The van der Waals surface area contributed by atoms with Gasteiger partial charge in [0.05, 0.1) is 5.69 Å². The summed E-state index contributed by atoms with van der Waals surface area (Å²) < 4.78 is 6.51. The minimum Gasteiger partial charge on any atom is -0.457 e. The number of aryl methyl sites for hydroxylation is 1. The largest absolute Gasteiger partial charge is 0.457 e. The first-order valence-electron chi connectivity index (χ1n) is 8.01. The van der Waals surface area contributed by atoms with E-state index >= 15 is 0 Å². The number of hydrogen-bond acceptors (Lipinski definition) is 5. The van der Waals surface area contributed by atoms with Crippen molar-refractivity contribution in [2.45, 2.75) is 26.1 Å². The highest BCUT2D eigenvalue weighted by Crippen LogP contribution is 2.17. The number of aliphatic hydroxyl groups excluding tert-OH is 1. The van der Waals surface area contributed by atoms with Crippen LogP contribution in [0.15, 0.2) is 53.5 Å². The molecule has 1 aromatic carbocycles. The number of hydrogen-bond donors (Lipinski definition) is 1. The lowest BCUT2D eigenvalue weighted by atomic mass is 10.1. The van der Waals surface area contributed by atoms with E-state index in [0.29, 0.717) is 21.9 Å². The van der Waals surface area contributed by atoms with Gasteiger partial charge in [-0.1, -0.05) is 35.9 Å². The van der Waals surface area contributed by atoms with Crippen LogP contribution in [-0.2, 0) is 22.6 Å². The van der Waals surface area contributed by atoms with Crippen LogP contribution in [0.5, 0.6) is 0 Å². The Morgan fingerprint density at radius 3 is 2.85 bits per heavy atom. The molecular weight excluding hydrogens is 356 g/mol. The lowest BCUT2D eigenvalue weighted by Gasteiger charge is -2.12. The second kappa shape index (κ2) is 7.68. The molecule has 0 amide bonds. The third-order valence-electron chi connectivity index (χ3n) is 3.87. The number of halogens is 1. The van der Waals surface area contributed by atoms with Gasteiger partial charge in [-0.05, 0) is 30.2 Å². The van der Waals surface area contributed by atoms with Crippen molar-refractivity contribution in [3.05, 3.63) is 80.9 Å². The average molecular weight is 373 g/mol. The summed E-state index contributed by atoms with van der Waals surface area (Å²) in [5.41, 5.74) is 2.10. The maximum atomic E-state index is 12.1. The van der Waals surface area contributed by atoms with E-state index in [9.17, 15) is 14.7 Å². The highest BCUT2D eigenvalue weighted by atomic mass is 35.5. The summed E-state index contributed by atoms with van der Waals surface area (Å²) in [6.07, 6.45) is 0.387. The molecule has 0 aliphatic rings. The number of carbonyl (C=O) groups excluding carboxylic acids is 1. The molecule has 0 spiro atoms. The Balaban J connectivity index is 1.67. The van der Waals surface area contributed by atoms with Crippen molar-refractivity contribution in [3.8, 4) is 0 Å². The SMILES string of the molecule is Cc1ccc2nc(COC(=O)C(O)Cc3ccccc3Cl)cc(=O)n2c1. The molecule has 6 nitrogen and oxygen atoms in total. The van der Waals surface area contributed by atoms with Gasteiger partial charge in [-0.3, -0.25) is 9.20 Å². The minimum atomic E-state index is -1.35. The molecule has 0 aliphatic heterocycles. The van der Waals surface area contributed by atoms with Crippen LogP contribution in [0.4, 0.5) is 0 Å². The number of rotatable bonds is 5. The molecule has 134 valence electrons. The van der Waals surface area contributed by atoms with Crippen molar-refractivity contribution in [3.63, 3.8) is 0 Å². The van der Waals surface area contributed by atoms with E-state index in [-0.39, 0.29) is 18.6 Å². The quantitative estimate of drug-likeness (QED) is 0.695. The van der Waals surface area contributed by atoms with E-state index < -0.39 is 12.1 Å². The van der Waals surface area contributed by atoms with E-state index in [0.717, 1.165) is 5.56 Å². The Hall–Kier alpha value is -2.70. The number of nitrogens with zero attached hydrogens (tertiary/aromatic N) is 2. The molecular formula is C19H17ClN2O4. The zero-order valence-corrected chi connectivity index (χ0v) is 14.8. The first-order chi connectivity index (χ1) is 12.4. The smallest absolute Gasteiger partial charge is 0.335 e. The van der Waals surface area contributed by atoms with Gasteiger partial charge in [-0.25, -0.2) is 9.78 Å². The van der Waals surface area contributed by atoms with Gasteiger partial charge >= 0.3 is 5.97 Å². The molecule has 0 bridgehead atoms. The van der Waals surface area contributed by atoms with Gasteiger partial charge in [0.25, 0.3) is 5.56 Å². The number of pyridine rings is 1. The number of aromatic nitrogens is 2. The normalized spacial score (nSPS) is 12.1. The van der Waals surface area contributed by atoms with Gasteiger partial charge < -0.3 is 9.84 Å². The first-order valence-corrected chi connectivity index (χ1v) is 8.39. The fourth-order valence-electron chi connectivity index (χ4n) is 2.53. The summed E-state index contributed by atoms with van der Waals surface area (Å²) in [5, 5.41) is 10.5. The van der Waals surface area contributed by atoms with Gasteiger partial charge in [-0.15, -0.1) is 0 Å². The third kappa shape index (κ3) is 4.09. The summed E-state index contributed by atoms with van der Waals surface area (Å²) in [5.74, 6) is -0.796. The van der Waals surface area contributed by atoms with E-state index in [1.807, 2.05) is 13.0 Å². The molecule has 2 aromatic heterocycles. The zero-order valence-electron chi connectivity index (χ0n) is 14.1. The van der Waals surface area contributed by atoms with Crippen molar-refractivity contribution < 1.29 is 14.6 Å². The van der Waals surface area contributed by atoms with E-state index in [2.05, 4.69) is 4.98 Å². The van der Waals surface area contributed by atoms with Gasteiger partial charge in [0, 0.05) is 23.7 Å². The van der Waals surface area contributed by atoms with Crippen LogP contribution < -0.4 is 5.56 Å². The molecule has 1 atom stereocenters. The van der Waals surface area contributed by atoms with Gasteiger partial charge in [0.1, 0.15) is 12.3 Å². The predicted molar refractivity (Wildman–Crippen MR) is 97.2 cm³/mol. The molecule has 26 heavy (non-hydrogen) atoms. The maximum Gasteiger partial charge on any atom is 0.335 e. The maximum absolute atomic E-state index is 12.1. The molecule has 2 heterocycles. The van der Waals surface area contributed by atoms with Gasteiger partial charge in [-0.2, -0.15) is 0 Å². The highest BCUT2D eigenvalue weighted by molar-refractivity contribution is 6.31.